The third kappa shape index (κ3) is 3.83. The van der Waals surface area contributed by atoms with Gasteiger partial charge in [-0.2, -0.15) is 0 Å². The van der Waals surface area contributed by atoms with E-state index >= 15 is 0 Å². The first-order valence-corrected chi connectivity index (χ1v) is 6.66. The number of H-pyrrole nitrogens is 1. The molecule has 0 aliphatic rings. The van der Waals surface area contributed by atoms with E-state index < -0.39 is 6.10 Å². The number of aromatic nitrogens is 1. The predicted octanol–water partition coefficient (Wildman–Crippen LogP) is 1.99. The summed E-state index contributed by atoms with van der Waals surface area (Å²) >= 11 is 0. The highest BCUT2D eigenvalue weighted by Gasteiger charge is 2.06. The summed E-state index contributed by atoms with van der Waals surface area (Å²) in [6, 6.07) is 8.17. The molecule has 0 spiro atoms. The van der Waals surface area contributed by atoms with E-state index in [-0.39, 0.29) is 5.91 Å². The smallest absolute Gasteiger partial charge is 0.220 e. The Balaban J connectivity index is 1.81. The van der Waals surface area contributed by atoms with E-state index in [1.165, 1.54) is 10.9 Å². The number of hydrogen-bond donors (Lipinski definition) is 3. The number of aromatic amines is 1. The fourth-order valence-electron chi connectivity index (χ4n) is 2.13. The number of aliphatic hydroxyl groups excluding tert-OH is 1. The van der Waals surface area contributed by atoms with Gasteiger partial charge < -0.3 is 15.4 Å². The van der Waals surface area contributed by atoms with Gasteiger partial charge in [0.1, 0.15) is 0 Å². The van der Waals surface area contributed by atoms with Crippen molar-refractivity contribution in [2.75, 3.05) is 6.54 Å². The van der Waals surface area contributed by atoms with E-state index in [4.69, 9.17) is 5.11 Å². The Morgan fingerprint density at radius 2 is 2.21 bits per heavy atom. The summed E-state index contributed by atoms with van der Waals surface area (Å²) in [4.78, 5) is 14.7. The second kappa shape index (κ2) is 6.38. The molecule has 19 heavy (non-hydrogen) atoms. The highest BCUT2D eigenvalue weighted by Crippen LogP contribution is 2.19. The Kier molecular flexibility index (Phi) is 4.58. The molecule has 0 radical (unpaired) electrons. The van der Waals surface area contributed by atoms with Gasteiger partial charge in [-0.3, -0.25) is 4.79 Å². The van der Waals surface area contributed by atoms with Crippen molar-refractivity contribution in [2.24, 2.45) is 0 Å². The molecule has 1 amide bonds. The van der Waals surface area contributed by atoms with Crippen LogP contribution < -0.4 is 5.32 Å². The second-order valence-corrected chi connectivity index (χ2v) is 4.87. The lowest BCUT2D eigenvalue weighted by atomic mass is 10.1. The molecule has 0 aliphatic carbocycles. The third-order valence-corrected chi connectivity index (χ3v) is 3.12. The summed E-state index contributed by atoms with van der Waals surface area (Å²) < 4.78 is 0. The molecule has 4 nitrogen and oxygen atoms in total. The van der Waals surface area contributed by atoms with Crippen molar-refractivity contribution in [2.45, 2.75) is 32.3 Å². The summed E-state index contributed by atoms with van der Waals surface area (Å²) in [5.41, 5.74) is 2.38. The maximum Gasteiger partial charge on any atom is 0.220 e. The minimum Gasteiger partial charge on any atom is -0.392 e. The van der Waals surface area contributed by atoms with Crippen LogP contribution >= 0.6 is 0 Å². The average molecular weight is 260 g/mol. The number of rotatable bonds is 6. The lowest BCUT2D eigenvalue weighted by Crippen LogP contribution is -2.30. The first-order valence-electron chi connectivity index (χ1n) is 6.66. The summed E-state index contributed by atoms with van der Waals surface area (Å²) in [6.07, 6.45) is 3.71. The lowest BCUT2D eigenvalue weighted by Gasteiger charge is -2.06. The van der Waals surface area contributed by atoms with Crippen LogP contribution in [0, 0.1) is 0 Å². The first kappa shape index (κ1) is 13.6. The molecule has 3 N–H and O–H groups in total. The maximum absolute atomic E-state index is 11.5. The summed E-state index contributed by atoms with van der Waals surface area (Å²) in [6.45, 7) is 1.98. The van der Waals surface area contributed by atoms with Gasteiger partial charge in [0.2, 0.25) is 5.91 Å². The van der Waals surface area contributed by atoms with Crippen molar-refractivity contribution >= 4 is 16.8 Å². The van der Waals surface area contributed by atoms with Crippen molar-refractivity contribution in [3.63, 3.8) is 0 Å². The number of carbonyl (C=O) groups is 1. The molecule has 0 saturated carbocycles. The van der Waals surface area contributed by atoms with Crippen molar-refractivity contribution < 1.29 is 9.90 Å². The third-order valence-electron chi connectivity index (χ3n) is 3.12. The molecule has 0 fully saturated rings. The SMILES string of the molecule is CC(O)CNC(=O)CCCc1c[nH]c2ccccc12. The van der Waals surface area contributed by atoms with Crippen molar-refractivity contribution in [3.05, 3.63) is 36.0 Å². The zero-order valence-electron chi connectivity index (χ0n) is 11.1. The molecule has 1 heterocycles. The fraction of sp³-hybridized carbons (Fsp3) is 0.400. The number of aliphatic hydroxyl groups is 1. The molecular formula is C15H20N2O2. The van der Waals surface area contributed by atoms with Gasteiger partial charge in [0.25, 0.3) is 0 Å². The number of hydrogen-bond acceptors (Lipinski definition) is 2. The summed E-state index contributed by atoms with van der Waals surface area (Å²) in [7, 11) is 0. The Labute approximate surface area is 112 Å². The minimum absolute atomic E-state index is 0.000686. The van der Waals surface area contributed by atoms with Crippen molar-refractivity contribution in [1.82, 2.24) is 10.3 Å². The topological polar surface area (TPSA) is 65.1 Å². The lowest BCUT2D eigenvalue weighted by molar-refractivity contribution is -0.121. The number of amides is 1. The van der Waals surface area contributed by atoms with E-state index in [9.17, 15) is 4.79 Å². The molecule has 0 saturated heterocycles. The zero-order valence-corrected chi connectivity index (χ0v) is 11.1. The van der Waals surface area contributed by atoms with Gasteiger partial charge in [-0.1, -0.05) is 18.2 Å². The largest absolute Gasteiger partial charge is 0.392 e. The van der Waals surface area contributed by atoms with Gasteiger partial charge in [0, 0.05) is 30.1 Å². The van der Waals surface area contributed by atoms with Crippen molar-refractivity contribution in [1.29, 1.82) is 0 Å². The van der Waals surface area contributed by atoms with Crippen LogP contribution in [0.2, 0.25) is 0 Å². The van der Waals surface area contributed by atoms with Crippen LogP contribution in [0.1, 0.15) is 25.3 Å². The minimum atomic E-state index is -0.488. The van der Waals surface area contributed by atoms with Gasteiger partial charge in [0.05, 0.1) is 6.10 Å². The number of carbonyl (C=O) groups excluding carboxylic acids is 1. The molecule has 102 valence electrons. The predicted molar refractivity (Wildman–Crippen MR) is 75.9 cm³/mol. The van der Waals surface area contributed by atoms with Gasteiger partial charge in [-0.15, -0.1) is 0 Å². The number of nitrogens with one attached hydrogen (secondary N) is 2. The first-order chi connectivity index (χ1) is 9.16. The molecule has 4 heteroatoms. The molecule has 2 aromatic rings. The zero-order chi connectivity index (χ0) is 13.7. The van der Waals surface area contributed by atoms with Crippen LogP contribution in [0.15, 0.2) is 30.5 Å². The quantitative estimate of drug-likeness (QED) is 0.743. The van der Waals surface area contributed by atoms with Crippen molar-refractivity contribution in [3.8, 4) is 0 Å². The normalized spacial score (nSPS) is 12.5. The van der Waals surface area contributed by atoms with Gasteiger partial charge in [0.15, 0.2) is 0 Å². The number of benzene rings is 1. The van der Waals surface area contributed by atoms with Gasteiger partial charge in [-0.05, 0) is 31.4 Å². The Bertz CT molecular complexity index is 546. The van der Waals surface area contributed by atoms with Crippen LogP contribution in [0.3, 0.4) is 0 Å². The van der Waals surface area contributed by atoms with E-state index in [2.05, 4.69) is 16.4 Å². The van der Waals surface area contributed by atoms with Crippen LogP contribution in [0.25, 0.3) is 10.9 Å². The Hall–Kier alpha value is -1.81. The van der Waals surface area contributed by atoms with E-state index in [0.29, 0.717) is 13.0 Å². The highest BCUT2D eigenvalue weighted by atomic mass is 16.3. The number of para-hydroxylation sites is 1. The highest BCUT2D eigenvalue weighted by molar-refractivity contribution is 5.83. The molecule has 2 rings (SSSR count). The Morgan fingerprint density at radius 3 is 3.00 bits per heavy atom. The standard InChI is InChI=1S/C15H20N2O2/c1-11(18)9-17-15(19)8-4-5-12-10-16-14-7-3-2-6-13(12)14/h2-3,6-7,10-11,16,18H,4-5,8-9H2,1H3,(H,17,19). The monoisotopic (exact) mass is 260 g/mol. The number of fused-ring (bicyclic) bond motifs is 1. The molecule has 1 atom stereocenters. The van der Waals surface area contributed by atoms with Crippen LogP contribution in [-0.4, -0.2) is 28.6 Å². The molecule has 1 aromatic heterocycles. The Morgan fingerprint density at radius 1 is 1.42 bits per heavy atom. The maximum atomic E-state index is 11.5. The average Bonchev–Trinajstić information content (AvgIpc) is 2.80. The molecule has 1 unspecified atom stereocenters. The number of aryl methyl sites for hydroxylation is 1. The van der Waals surface area contributed by atoms with E-state index in [1.54, 1.807) is 6.92 Å². The summed E-state index contributed by atoms with van der Waals surface area (Å²) in [5.74, 6) is 0.000686. The van der Waals surface area contributed by atoms with Crippen LogP contribution in [0.4, 0.5) is 0 Å². The molecule has 0 bridgehead atoms. The second-order valence-electron chi connectivity index (χ2n) is 4.87. The van der Waals surface area contributed by atoms with Gasteiger partial charge >= 0.3 is 0 Å². The van der Waals surface area contributed by atoms with E-state index in [0.717, 1.165) is 18.4 Å². The molecular weight excluding hydrogens is 240 g/mol. The van der Waals surface area contributed by atoms with Crippen LogP contribution in [-0.2, 0) is 11.2 Å². The van der Waals surface area contributed by atoms with Crippen LogP contribution in [0.5, 0.6) is 0 Å². The molecule has 1 aromatic carbocycles. The molecule has 0 aliphatic heterocycles. The van der Waals surface area contributed by atoms with E-state index in [1.807, 2.05) is 24.4 Å². The fourth-order valence-corrected chi connectivity index (χ4v) is 2.13. The summed E-state index contributed by atoms with van der Waals surface area (Å²) in [5, 5.41) is 13.0. The van der Waals surface area contributed by atoms with Gasteiger partial charge in [-0.25, -0.2) is 0 Å².